The minimum Gasteiger partial charge on any atom is -0.508 e. The molecule has 14 heteroatoms. The average molecular weight is 819 g/mol. The molecule has 0 radical (unpaired) electrons. The standard InChI is InChI=1S/C29H39N5O4.C17H15NO4/c1-20-26(21-5-7-23(37-4)8-6-21)29(38-30-20)24-17-22(18-33-13-9-31(2)10-14-33)27(35)25(28(24)36)19-34-15-11-32(3)12-16-34;1-10-16(11-3-6-13(21-2)7-4-11)17(22-18-10)14-8-5-12(19)9-15(14)20/h5-8,17,35-36H,9-16,18-19H2,1-4H3;3-9,19-20H,1-2H3. The van der Waals surface area contributed by atoms with E-state index in [1.807, 2.05) is 68.4 Å². The number of aromatic nitrogens is 2. The number of aryl methyl sites for hydroxylation is 2. The molecule has 2 aliphatic heterocycles. The Kier molecular flexibility index (Phi) is 13.0. The molecule has 2 aromatic heterocycles. The molecule has 0 bridgehead atoms. The highest BCUT2D eigenvalue weighted by Crippen LogP contribution is 2.46. The van der Waals surface area contributed by atoms with Crippen LogP contribution in [0.25, 0.3) is 44.9 Å². The first-order valence-corrected chi connectivity index (χ1v) is 20.1. The molecule has 60 heavy (non-hydrogen) atoms. The predicted molar refractivity (Wildman–Crippen MR) is 230 cm³/mol. The molecule has 4 aromatic carbocycles. The second-order valence-electron chi connectivity index (χ2n) is 15.5. The molecule has 0 unspecified atom stereocenters. The van der Waals surface area contributed by atoms with Crippen molar-refractivity contribution in [3.8, 4) is 79.4 Å². The summed E-state index contributed by atoms with van der Waals surface area (Å²) in [5.41, 5.74) is 7.27. The van der Waals surface area contributed by atoms with Gasteiger partial charge in [0, 0.05) is 77.1 Å². The van der Waals surface area contributed by atoms with Crippen LogP contribution in [-0.4, -0.2) is 131 Å². The van der Waals surface area contributed by atoms with Gasteiger partial charge in [0.1, 0.15) is 34.5 Å². The van der Waals surface area contributed by atoms with Crippen LogP contribution in [-0.2, 0) is 13.1 Å². The van der Waals surface area contributed by atoms with E-state index in [4.69, 9.17) is 18.5 Å². The SMILES string of the molecule is COc1ccc(-c2c(C)noc2-c2cc(CN3CCN(C)CC3)c(O)c(CN3CCN(C)CC3)c2O)cc1.COc1ccc(-c2c(C)noc2-c2ccc(O)cc2O)cc1. The van der Waals surface area contributed by atoms with Crippen LogP contribution in [0, 0.1) is 13.8 Å². The highest BCUT2D eigenvalue weighted by molar-refractivity contribution is 5.86. The summed E-state index contributed by atoms with van der Waals surface area (Å²) < 4.78 is 21.7. The van der Waals surface area contributed by atoms with Crippen molar-refractivity contribution >= 4 is 0 Å². The maximum Gasteiger partial charge on any atom is 0.178 e. The summed E-state index contributed by atoms with van der Waals surface area (Å²) in [5, 5.41) is 50.8. The van der Waals surface area contributed by atoms with E-state index in [0.717, 1.165) is 97.4 Å². The van der Waals surface area contributed by atoms with Gasteiger partial charge in [0.25, 0.3) is 0 Å². The average Bonchev–Trinajstić information content (AvgIpc) is 3.83. The molecule has 0 atom stereocenters. The Morgan fingerprint density at radius 3 is 1.50 bits per heavy atom. The number of hydrogen-bond acceptors (Lipinski definition) is 14. The molecule has 2 aliphatic rings. The fraction of sp³-hybridized carbons (Fsp3) is 0.348. The van der Waals surface area contributed by atoms with Crippen molar-refractivity contribution in [2.24, 2.45) is 0 Å². The number of benzene rings is 4. The zero-order chi connectivity index (χ0) is 42.5. The number of hydrogen-bond donors (Lipinski definition) is 4. The van der Waals surface area contributed by atoms with E-state index in [1.165, 1.54) is 12.1 Å². The number of likely N-dealkylation sites (N-methyl/N-ethyl adjacent to an activating group) is 2. The van der Waals surface area contributed by atoms with Gasteiger partial charge in [-0.2, -0.15) is 0 Å². The summed E-state index contributed by atoms with van der Waals surface area (Å²) in [6.45, 7) is 12.3. The zero-order valence-corrected chi connectivity index (χ0v) is 35.1. The topological polar surface area (TPSA) is 164 Å². The van der Waals surface area contributed by atoms with Crippen molar-refractivity contribution in [3.05, 3.63) is 95.3 Å². The normalized spacial score (nSPS) is 15.4. The summed E-state index contributed by atoms with van der Waals surface area (Å²) >= 11 is 0. The summed E-state index contributed by atoms with van der Waals surface area (Å²) in [6, 6.07) is 21.5. The van der Waals surface area contributed by atoms with Crippen LogP contribution in [0.1, 0.15) is 22.5 Å². The van der Waals surface area contributed by atoms with Gasteiger partial charge in [-0.25, -0.2) is 0 Å². The smallest absolute Gasteiger partial charge is 0.178 e. The van der Waals surface area contributed by atoms with Crippen molar-refractivity contribution in [2.75, 3.05) is 80.7 Å². The molecule has 8 rings (SSSR count). The van der Waals surface area contributed by atoms with E-state index in [9.17, 15) is 20.4 Å². The van der Waals surface area contributed by atoms with Gasteiger partial charge in [-0.05, 0) is 81.5 Å². The lowest BCUT2D eigenvalue weighted by Crippen LogP contribution is -2.44. The van der Waals surface area contributed by atoms with Crippen LogP contribution in [0.2, 0.25) is 0 Å². The molecular formula is C46H54N6O8. The third-order valence-corrected chi connectivity index (χ3v) is 11.4. The molecule has 14 nitrogen and oxygen atoms in total. The molecule has 4 N–H and O–H groups in total. The van der Waals surface area contributed by atoms with E-state index < -0.39 is 0 Å². The molecule has 0 spiro atoms. The molecule has 0 aliphatic carbocycles. The van der Waals surface area contributed by atoms with Crippen LogP contribution in [0.3, 0.4) is 0 Å². The highest BCUT2D eigenvalue weighted by atomic mass is 16.5. The van der Waals surface area contributed by atoms with E-state index in [1.54, 1.807) is 20.3 Å². The van der Waals surface area contributed by atoms with Crippen molar-refractivity contribution in [1.29, 1.82) is 0 Å². The third-order valence-electron chi connectivity index (χ3n) is 11.4. The van der Waals surface area contributed by atoms with Crippen LogP contribution in [0.5, 0.6) is 34.5 Å². The minimum absolute atomic E-state index is 0.0107. The fourth-order valence-electron chi connectivity index (χ4n) is 7.71. The number of rotatable bonds is 10. The van der Waals surface area contributed by atoms with E-state index in [0.29, 0.717) is 47.0 Å². The van der Waals surface area contributed by atoms with Crippen molar-refractivity contribution < 1.29 is 38.9 Å². The molecule has 316 valence electrons. The van der Waals surface area contributed by atoms with Gasteiger partial charge in [-0.3, -0.25) is 9.80 Å². The predicted octanol–water partition coefficient (Wildman–Crippen LogP) is 6.97. The Hall–Kier alpha value is -6.06. The number of phenols is 4. The van der Waals surface area contributed by atoms with Crippen LogP contribution < -0.4 is 9.47 Å². The molecule has 4 heterocycles. The molecule has 0 saturated carbocycles. The number of methoxy groups -OCH3 is 2. The van der Waals surface area contributed by atoms with Gasteiger partial charge in [0.15, 0.2) is 11.5 Å². The van der Waals surface area contributed by atoms with Gasteiger partial charge in [-0.15, -0.1) is 0 Å². The maximum absolute atomic E-state index is 11.6. The lowest BCUT2D eigenvalue weighted by molar-refractivity contribution is 0.143. The first kappa shape index (κ1) is 42.1. The third kappa shape index (κ3) is 9.21. The minimum atomic E-state index is -0.0640. The number of nitrogens with zero attached hydrogens (tertiary/aromatic N) is 6. The van der Waals surface area contributed by atoms with Crippen LogP contribution >= 0.6 is 0 Å². The number of piperazine rings is 2. The van der Waals surface area contributed by atoms with Crippen molar-refractivity contribution in [3.63, 3.8) is 0 Å². The molecule has 2 fully saturated rings. The van der Waals surface area contributed by atoms with Gasteiger partial charge < -0.3 is 48.7 Å². The van der Waals surface area contributed by atoms with Crippen LogP contribution in [0.15, 0.2) is 81.8 Å². The summed E-state index contributed by atoms with van der Waals surface area (Å²) in [6.07, 6.45) is 0. The lowest BCUT2D eigenvalue weighted by Gasteiger charge is -2.34. The van der Waals surface area contributed by atoms with Gasteiger partial charge >= 0.3 is 0 Å². The number of ether oxygens (including phenoxy) is 2. The van der Waals surface area contributed by atoms with Gasteiger partial charge in [-0.1, -0.05) is 34.6 Å². The van der Waals surface area contributed by atoms with Crippen molar-refractivity contribution in [1.82, 2.24) is 29.9 Å². The van der Waals surface area contributed by atoms with E-state index in [2.05, 4.69) is 44.0 Å². The Balaban J connectivity index is 0.000000210. The summed E-state index contributed by atoms with van der Waals surface area (Å²) in [4.78, 5) is 9.25. The maximum atomic E-state index is 11.6. The molecular weight excluding hydrogens is 765 g/mol. The monoisotopic (exact) mass is 818 g/mol. The number of phenolic OH excluding ortho intramolecular Hbond substituents is 4. The molecule has 2 saturated heterocycles. The largest absolute Gasteiger partial charge is 0.508 e. The second-order valence-corrected chi connectivity index (χ2v) is 15.5. The highest BCUT2D eigenvalue weighted by Gasteiger charge is 2.28. The Labute approximate surface area is 350 Å². The first-order valence-electron chi connectivity index (χ1n) is 20.1. The number of aromatic hydroxyl groups is 4. The summed E-state index contributed by atoms with van der Waals surface area (Å²) in [5.74, 6) is 2.63. The Morgan fingerprint density at radius 1 is 0.567 bits per heavy atom. The summed E-state index contributed by atoms with van der Waals surface area (Å²) in [7, 11) is 7.51. The van der Waals surface area contributed by atoms with Crippen molar-refractivity contribution in [2.45, 2.75) is 26.9 Å². The Bertz CT molecular complexity index is 2380. The molecule has 6 aromatic rings. The van der Waals surface area contributed by atoms with E-state index in [-0.39, 0.29) is 23.0 Å². The van der Waals surface area contributed by atoms with E-state index >= 15 is 0 Å². The van der Waals surface area contributed by atoms with Crippen LogP contribution in [0.4, 0.5) is 0 Å². The van der Waals surface area contributed by atoms with Gasteiger partial charge in [0.2, 0.25) is 0 Å². The quantitative estimate of drug-likeness (QED) is 0.112. The Morgan fingerprint density at radius 2 is 1.03 bits per heavy atom. The van der Waals surface area contributed by atoms with Gasteiger partial charge in [0.05, 0.1) is 53.4 Å². The lowest BCUT2D eigenvalue weighted by atomic mass is 9.94. The zero-order valence-electron chi connectivity index (χ0n) is 35.1. The fourth-order valence-corrected chi connectivity index (χ4v) is 7.71. The first-order chi connectivity index (χ1) is 28.9. The second kappa shape index (κ2) is 18.5. The molecule has 0 amide bonds.